The smallest absolute Gasteiger partial charge is 0.304 e. The van der Waals surface area contributed by atoms with Crippen molar-refractivity contribution in [3.63, 3.8) is 0 Å². The number of benzene rings is 5. The predicted octanol–water partition coefficient (Wildman–Crippen LogP) is 13.9. The highest BCUT2D eigenvalue weighted by molar-refractivity contribution is 6.10. The molecule has 1 aliphatic carbocycles. The molecular weight excluding hydrogens is 731 g/mol. The van der Waals surface area contributed by atoms with Crippen LogP contribution >= 0.6 is 0 Å². The summed E-state index contributed by atoms with van der Waals surface area (Å²) in [4.78, 5) is 0. The lowest BCUT2D eigenvalue weighted by atomic mass is 9.74. The van der Waals surface area contributed by atoms with E-state index < -0.39 is 0 Å². The Labute approximate surface area is 356 Å². The highest BCUT2D eigenvalue weighted by Crippen LogP contribution is 2.46. The van der Waals surface area contributed by atoms with E-state index in [0.29, 0.717) is 29.7 Å². The van der Waals surface area contributed by atoms with Gasteiger partial charge in [-0.2, -0.15) is 9.13 Å². The molecule has 2 aromatic heterocycles. The summed E-state index contributed by atoms with van der Waals surface area (Å²) in [6.45, 7) is 24.0. The van der Waals surface area contributed by atoms with Crippen LogP contribution in [0.2, 0.25) is 0 Å². The third-order valence-corrected chi connectivity index (χ3v) is 14.8. The van der Waals surface area contributed by atoms with Gasteiger partial charge in [0.25, 0.3) is 0 Å². The maximum absolute atomic E-state index is 7.09. The highest BCUT2D eigenvalue weighted by Gasteiger charge is 2.47. The number of hydrogen-bond acceptors (Lipinski definition) is 1. The van der Waals surface area contributed by atoms with Gasteiger partial charge in [-0.1, -0.05) is 139 Å². The average molecular weight is 792 g/mol. The predicted molar refractivity (Wildman–Crippen MR) is 251 cm³/mol. The van der Waals surface area contributed by atoms with E-state index in [1.165, 1.54) is 81.5 Å². The fourth-order valence-electron chi connectivity index (χ4n) is 11.7. The minimum Gasteiger partial charge on any atom is -0.455 e. The molecule has 0 saturated heterocycles. The summed E-state index contributed by atoms with van der Waals surface area (Å²) in [7, 11) is 0. The van der Waals surface area contributed by atoms with E-state index in [1.807, 2.05) is 0 Å². The third-order valence-electron chi connectivity index (χ3n) is 14.8. The molecule has 3 aliphatic rings. The van der Waals surface area contributed by atoms with E-state index in [2.05, 4.69) is 171 Å². The van der Waals surface area contributed by atoms with Gasteiger partial charge < -0.3 is 4.42 Å². The molecule has 0 radical (unpaired) electrons. The summed E-state index contributed by atoms with van der Waals surface area (Å²) >= 11 is 0. The standard InChI is InChI=1S/C56H61N3O/c1-9-48-44-18-11-10-17-43(44)45-31-29-40-30-32-47-46-19-12-15-24-52(46)60-55(47)53(40)56-57(37(7)33-51(45)58(48)38(8)39-27-25-36(6)26-28-39)49-22-13-14-23-50(49)59(56)54-41(34(2)3)20-16-21-42(54)35(4)5/h9-24,30,32,34-36,38-39,45,51H,1,7,25-29,31,33H2,2-6,8H3/q+2. The first-order chi connectivity index (χ1) is 29.2. The van der Waals surface area contributed by atoms with Crippen molar-refractivity contribution in [3.05, 3.63) is 150 Å². The minimum absolute atomic E-state index is 0.211. The minimum atomic E-state index is 0.211. The Hall–Kier alpha value is -5.48. The van der Waals surface area contributed by atoms with Crippen LogP contribution in [0.4, 0.5) is 0 Å². The van der Waals surface area contributed by atoms with Crippen molar-refractivity contribution in [3.8, 4) is 17.1 Å². The van der Waals surface area contributed by atoms with Gasteiger partial charge in [-0.05, 0) is 85.8 Å². The van der Waals surface area contributed by atoms with Crippen LogP contribution in [0.1, 0.15) is 126 Å². The molecule has 4 nitrogen and oxygen atoms in total. The molecule has 7 aromatic rings. The van der Waals surface area contributed by atoms with Crippen LogP contribution in [-0.2, 0) is 6.42 Å². The first-order valence-corrected chi connectivity index (χ1v) is 22.8. The molecule has 3 unspecified atom stereocenters. The van der Waals surface area contributed by atoms with E-state index in [4.69, 9.17) is 11.0 Å². The number of aromatic nitrogens is 2. The SMILES string of the molecule is C=CC1=[N+](C(C)C2CCC(C)CC2)C2CC(=C)[n+]3c(n(-c4c(C(C)C)cccc4C(C)C)c4ccccc43)-c3c(ccc4c3oc3ccccc34)CCC2c2ccccc21. The largest absolute Gasteiger partial charge is 0.455 e. The molecule has 0 spiro atoms. The molecule has 60 heavy (non-hydrogen) atoms. The molecule has 1 fully saturated rings. The van der Waals surface area contributed by atoms with Crippen molar-refractivity contribution in [1.82, 2.24) is 4.57 Å². The van der Waals surface area contributed by atoms with Gasteiger partial charge in [-0.3, -0.25) is 0 Å². The first kappa shape index (κ1) is 38.7. The summed E-state index contributed by atoms with van der Waals surface area (Å²) in [5, 5.41) is 2.31. The third kappa shape index (κ3) is 6.07. The average Bonchev–Trinajstić information content (AvgIpc) is 3.81. The van der Waals surface area contributed by atoms with Gasteiger partial charge in [-0.25, -0.2) is 4.58 Å². The Morgan fingerprint density at radius 2 is 1.45 bits per heavy atom. The molecule has 0 amide bonds. The van der Waals surface area contributed by atoms with Crippen LogP contribution in [0.15, 0.2) is 127 Å². The van der Waals surface area contributed by atoms with Gasteiger partial charge in [0.05, 0.1) is 6.42 Å². The topological polar surface area (TPSA) is 25.0 Å². The lowest BCUT2D eigenvalue weighted by molar-refractivity contribution is -0.616. The maximum Gasteiger partial charge on any atom is 0.304 e. The Morgan fingerprint density at radius 1 is 0.750 bits per heavy atom. The number of fused-ring (bicyclic) bond motifs is 12. The molecule has 10 rings (SSSR count). The Kier molecular flexibility index (Phi) is 9.81. The van der Waals surface area contributed by atoms with E-state index >= 15 is 0 Å². The van der Waals surface area contributed by atoms with Crippen LogP contribution < -0.4 is 4.57 Å². The van der Waals surface area contributed by atoms with Crippen LogP contribution in [0.25, 0.3) is 55.7 Å². The monoisotopic (exact) mass is 791 g/mol. The fraction of sp³-hybridized carbons (Fsp3) is 0.357. The van der Waals surface area contributed by atoms with Crippen LogP contribution in [0.5, 0.6) is 0 Å². The number of furan rings is 1. The van der Waals surface area contributed by atoms with Gasteiger partial charge in [0, 0.05) is 45.4 Å². The van der Waals surface area contributed by atoms with Crippen molar-refractivity contribution < 1.29 is 13.6 Å². The number of hydrogen-bond donors (Lipinski definition) is 0. The van der Waals surface area contributed by atoms with E-state index in [-0.39, 0.29) is 6.04 Å². The molecule has 4 heterocycles. The summed E-state index contributed by atoms with van der Waals surface area (Å²) in [5.41, 5.74) is 15.9. The number of para-hydroxylation sites is 4. The van der Waals surface area contributed by atoms with Crippen molar-refractivity contribution in [2.24, 2.45) is 11.8 Å². The summed E-state index contributed by atoms with van der Waals surface area (Å²) in [6.07, 6.45) is 10.1. The highest BCUT2D eigenvalue weighted by atomic mass is 16.3. The molecule has 2 aliphatic heterocycles. The number of nitrogens with zero attached hydrogens (tertiary/aromatic N) is 3. The maximum atomic E-state index is 7.09. The van der Waals surface area contributed by atoms with Crippen LogP contribution in [-0.4, -0.2) is 26.9 Å². The number of imidazole rings is 1. The lowest BCUT2D eigenvalue weighted by Crippen LogP contribution is -2.50. The van der Waals surface area contributed by atoms with Crippen molar-refractivity contribution in [1.29, 1.82) is 0 Å². The van der Waals surface area contributed by atoms with E-state index in [1.54, 1.807) is 0 Å². The van der Waals surface area contributed by atoms with Gasteiger partial charge in [0.1, 0.15) is 22.5 Å². The van der Waals surface area contributed by atoms with E-state index in [0.717, 1.165) is 58.6 Å². The molecule has 0 N–H and O–H groups in total. The van der Waals surface area contributed by atoms with Crippen LogP contribution in [0, 0.1) is 11.8 Å². The Bertz CT molecular complexity index is 2830. The lowest BCUT2D eigenvalue weighted by Gasteiger charge is -2.38. The number of allylic oxidation sites excluding steroid dienone is 1. The molecule has 304 valence electrons. The van der Waals surface area contributed by atoms with Crippen molar-refractivity contribution in [2.75, 3.05) is 0 Å². The van der Waals surface area contributed by atoms with Crippen molar-refractivity contribution >= 4 is 44.4 Å². The molecule has 4 heteroatoms. The second-order valence-corrected chi connectivity index (χ2v) is 19.0. The molecule has 5 aromatic carbocycles. The summed E-state index contributed by atoms with van der Waals surface area (Å²) < 4.78 is 15.1. The molecule has 1 saturated carbocycles. The normalized spacial score (nSPS) is 21.3. The van der Waals surface area contributed by atoms with Crippen LogP contribution in [0.3, 0.4) is 0 Å². The fourth-order valence-corrected chi connectivity index (χ4v) is 11.7. The number of aryl methyl sites for hydroxylation is 1. The van der Waals surface area contributed by atoms with Crippen molar-refractivity contribution in [2.45, 2.75) is 116 Å². The van der Waals surface area contributed by atoms with Gasteiger partial charge >= 0.3 is 5.82 Å². The molecular formula is C56H61N3O+2. The number of rotatable bonds is 6. The Morgan fingerprint density at radius 3 is 2.20 bits per heavy atom. The molecule has 0 bridgehead atoms. The molecule has 3 atom stereocenters. The second kappa shape index (κ2) is 15.2. The summed E-state index contributed by atoms with van der Waals surface area (Å²) in [5.74, 6) is 3.52. The van der Waals surface area contributed by atoms with Gasteiger partial charge in [0.2, 0.25) is 5.71 Å². The van der Waals surface area contributed by atoms with E-state index in [9.17, 15) is 0 Å². The van der Waals surface area contributed by atoms with Gasteiger partial charge in [-0.15, -0.1) is 0 Å². The zero-order valence-electron chi connectivity index (χ0n) is 36.5. The van der Waals surface area contributed by atoms with Gasteiger partial charge in [0.15, 0.2) is 28.7 Å². The summed E-state index contributed by atoms with van der Waals surface area (Å²) in [6, 6.07) is 39.1. The zero-order valence-corrected chi connectivity index (χ0v) is 36.5. The first-order valence-electron chi connectivity index (χ1n) is 22.8. The Balaban J connectivity index is 1.30. The second-order valence-electron chi connectivity index (χ2n) is 19.0. The zero-order chi connectivity index (χ0) is 41.4. The quantitative estimate of drug-likeness (QED) is 0.154.